The zero-order valence-electron chi connectivity index (χ0n) is 12.3. The first-order valence-electron chi connectivity index (χ1n) is 7.10. The van der Waals surface area contributed by atoms with Crippen LogP contribution in [0.25, 0.3) is 10.2 Å². The summed E-state index contributed by atoms with van der Waals surface area (Å²) in [5.74, 6) is 0.230. The number of benzene rings is 1. The zero-order valence-corrected chi connectivity index (χ0v) is 13.9. The summed E-state index contributed by atoms with van der Waals surface area (Å²) in [5.41, 5.74) is 6.66. The van der Waals surface area contributed by atoms with Crippen LogP contribution in [-0.4, -0.2) is 33.6 Å². The predicted molar refractivity (Wildman–Crippen MR) is 89.8 cm³/mol. The van der Waals surface area contributed by atoms with E-state index in [1.54, 1.807) is 11.8 Å². The van der Waals surface area contributed by atoms with E-state index in [-0.39, 0.29) is 5.91 Å². The third-order valence-corrected chi connectivity index (χ3v) is 5.68. The van der Waals surface area contributed by atoms with E-state index in [0.29, 0.717) is 5.13 Å². The maximum Gasteiger partial charge on any atom is 0.238 e. The van der Waals surface area contributed by atoms with Gasteiger partial charge < -0.3 is 10.6 Å². The van der Waals surface area contributed by atoms with E-state index in [0.717, 1.165) is 41.0 Å². The highest BCUT2D eigenvalue weighted by atomic mass is 32.2. The lowest BCUT2D eigenvalue weighted by Crippen LogP contribution is -2.41. The van der Waals surface area contributed by atoms with Crippen molar-refractivity contribution in [3.05, 3.63) is 18.2 Å². The summed E-state index contributed by atoms with van der Waals surface area (Å²) in [5, 5.41) is 0.583. The molecule has 3 rings (SSSR count). The molecule has 0 bridgehead atoms. The highest BCUT2D eigenvalue weighted by molar-refractivity contribution is 8.01. The molecule has 2 aromatic rings. The fourth-order valence-corrected chi connectivity index (χ4v) is 4.59. The van der Waals surface area contributed by atoms with Crippen molar-refractivity contribution in [3.63, 3.8) is 0 Å². The van der Waals surface area contributed by atoms with E-state index in [9.17, 15) is 4.79 Å². The van der Waals surface area contributed by atoms with E-state index in [2.05, 4.69) is 11.1 Å². The summed E-state index contributed by atoms with van der Waals surface area (Å²) in [6, 6.07) is 6.07. The quantitative estimate of drug-likeness (QED) is 0.881. The van der Waals surface area contributed by atoms with Crippen molar-refractivity contribution in [2.75, 3.05) is 18.8 Å². The van der Waals surface area contributed by atoms with Crippen LogP contribution in [0.4, 0.5) is 5.13 Å². The molecule has 6 heteroatoms. The van der Waals surface area contributed by atoms with Gasteiger partial charge in [0.25, 0.3) is 0 Å². The van der Waals surface area contributed by atoms with Crippen LogP contribution in [0, 0.1) is 0 Å². The molecule has 0 atom stereocenters. The smallest absolute Gasteiger partial charge is 0.238 e. The molecule has 0 radical (unpaired) electrons. The first kappa shape index (κ1) is 14.7. The third-order valence-electron chi connectivity index (χ3n) is 3.66. The Morgan fingerprint density at radius 1 is 1.38 bits per heavy atom. The second-order valence-electron chi connectivity index (χ2n) is 5.79. The number of aromatic nitrogens is 1. The molecule has 1 aliphatic rings. The molecule has 2 N–H and O–H groups in total. The molecule has 1 aromatic carbocycles. The largest absolute Gasteiger partial charge is 0.375 e. The van der Waals surface area contributed by atoms with Crippen LogP contribution in [0.5, 0.6) is 0 Å². The second-order valence-corrected chi connectivity index (χ2v) is 8.55. The summed E-state index contributed by atoms with van der Waals surface area (Å²) < 4.78 is 0.621. The highest BCUT2D eigenvalue weighted by Gasteiger charge is 2.34. The lowest BCUT2D eigenvalue weighted by molar-refractivity contribution is -0.131. The number of anilines is 1. The number of carbonyl (C=O) groups excluding carboxylic acids is 1. The fraction of sp³-hybridized carbons (Fsp3) is 0.467. The van der Waals surface area contributed by atoms with Crippen LogP contribution in [-0.2, 0) is 4.79 Å². The summed E-state index contributed by atoms with van der Waals surface area (Å²) >= 11 is 3.10. The number of nitrogens with zero attached hydrogens (tertiary/aromatic N) is 2. The molecule has 4 nitrogen and oxygen atoms in total. The standard InChI is InChI=1S/C15H19N3OS2/c1-15(2,13(19)18-7-3-4-8-18)21-10-5-6-11-12(9-10)20-14(16)17-11/h5-6,9H,3-4,7-8H2,1-2H3,(H2,16,17). The van der Waals surface area contributed by atoms with Crippen molar-refractivity contribution in [2.24, 2.45) is 0 Å². The summed E-state index contributed by atoms with van der Waals surface area (Å²) in [6.07, 6.45) is 2.25. The summed E-state index contributed by atoms with van der Waals surface area (Å²) in [6.45, 7) is 5.80. The number of likely N-dealkylation sites (tertiary alicyclic amines) is 1. The number of rotatable bonds is 3. The number of nitrogens with two attached hydrogens (primary N) is 1. The van der Waals surface area contributed by atoms with E-state index >= 15 is 0 Å². The van der Waals surface area contributed by atoms with Gasteiger partial charge in [0, 0.05) is 18.0 Å². The number of hydrogen-bond acceptors (Lipinski definition) is 5. The number of fused-ring (bicyclic) bond motifs is 1. The minimum atomic E-state index is -0.450. The topological polar surface area (TPSA) is 59.2 Å². The van der Waals surface area contributed by atoms with Crippen LogP contribution >= 0.6 is 23.1 Å². The minimum Gasteiger partial charge on any atom is -0.375 e. The van der Waals surface area contributed by atoms with Gasteiger partial charge in [-0.25, -0.2) is 4.98 Å². The molecule has 1 aliphatic heterocycles. The number of nitrogen functional groups attached to an aromatic ring is 1. The Bertz CT molecular complexity index is 675. The van der Waals surface area contributed by atoms with Gasteiger partial charge in [-0.2, -0.15) is 0 Å². The normalized spacial score (nSPS) is 15.8. The zero-order chi connectivity index (χ0) is 15.0. The van der Waals surface area contributed by atoms with Gasteiger partial charge in [0.2, 0.25) is 5.91 Å². The average Bonchev–Trinajstić information content (AvgIpc) is 3.04. The number of amides is 1. The van der Waals surface area contributed by atoms with Crippen molar-refractivity contribution < 1.29 is 4.79 Å². The maximum atomic E-state index is 12.6. The van der Waals surface area contributed by atoms with E-state index in [4.69, 9.17) is 5.73 Å². The van der Waals surface area contributed by atoms with Crippen LogP contribution in [0.2, 0.25) is 0 Å². The van der Waals surface area contributed by atoms with E-state index in [1.807, 2.05) is 30.9 Å². The van der Waals surface area contributed by atoms with Crippen LogP contribution in [0.3, 0.4) is 0 Å². The first-order valence-corrected chi connectivity index (χ1v) is 8.73. The lowest BCUT2D eigenvalue weighted by atomic mass is 10.2. The van der Waals surface area contributed by atoms with Crippen LogP contribution < -0.4 is 5.73 Å². The van der Waals surface area contributed by atoms with Crippen molar-refractivity contribution >= 4 is 44.4 Å². The van der Waals surface area contributed by atoms with Gasteiger partial charge in [-0.1, -0.05) is 11.3 Å². The van der Waals surface area contributed by atoms with Gasteiger partial charge in [0.15, 0.2) is 5.13 Å². The first-order chi connectivity index (χ1) is 9.95. The average molecular weight is 321 g/mol. The van der Waals surface area contributed by atoms with E-state index < -0.39 is 4.75 Å². The number of thiazole rings is 1. The molecule has 1 saturated heterocycles. The molecule has 0 saturated carbocycles. The Morgan fingerprint density at radius 3 is 2.81 bits per heavy atom. The van der Waals surface area contributed by atoms with Gasteiger partial charge in [-0.05, 0) is 44.9 Å². The molecule has 112 valence electrons. The summed E-state index contributed by atoms with van der Waals surface area (Å²) in [4.78, 5) is 19.9. The predicted octanol–water partition coefficient (Wildman–Crippen LogP) is 3.37. The number of carbonyl (C=O) groups is 1. The molecule has 0 unspecified atom stereocenters. The Morgan fingerprint density at radius 2 is 2.10 bits per heavy atom. The van der Waals surface area contributed by atoms with Crippen molar-refractivity contribution in [2.45, 2.75) is 36.3 Å². The Balaban J connectivity index is 1.80. The molecular formula is C15H19N3OS2. The molecule has 0 spiro atoms. The van der Waals surface area contributed by atoms with Gasteiger partial charge in [0.1, 0.15) is 0 Å². The van der Waals surface area contributed by atoms with E-state index in [1.165, 1.54) is 11.3 Å². The van der Waals surface area contributed by atoms with Crippen LogP contribution in [0.1, 0.15) is 26.7 Å². The second kappa shape index (κ2) is 5.50. The van der Waals surface area contributed by atoms with Crippen molar-refractivity contribution in [3.8, 4) is 0 Å². The van der Waals surface area contributed by atoms with Crippen molar-refractivity contribution in [1.82, 2.24) is 9.88 Å². The molecule has 0 aliphatic carbocycles. The third kappa shape index (κ3) is 3.01. The molecular weight excluding hydrogens is 302 g/mol. The molecule has 1 fully saturated rings. The van der Waals surface area contributed by atoms with Gasteiger partial charge >= 0.3 is 0 Å². The Labute approximate surface area is 132 Å². The Kier molecular flexibility index (Phi) is 3.84. The van der Waals surface area contributed by atoms with Gasteiger partial charge in [-0.3, -0.25) is 4.79 Å². The Hall–Kier alpha value is -1.27. The SMILES string of the molecule is CC(C)(Sc1ccc2nc(N)sc2c1)C(=O)N1CCCC1. The fourth-order valence-electron chi connectivity index (χ4n) is 2.63. The molecule has 1 aromatic heterocycles. The molecule has 2 heterocycles. The van der Waals surface area contributed by atoms with Crippen molar-refractivity contribution in [1.29, 1.82) is 0 Å². The maximum absolute atomic E-state index is 12.6. The molecule has 1 amide bonds. The highest BCUT2D eigenvalue weighted by Crippen LogP contribution is 2.37. The lowest BCUT2D eigenvalue weighted by Gasteiger charge is -2.28. The number of hydrogen-bond donors (Lipinski definition) is 1. The minimum absolute atomic E-state index is 0.230. The molecule has 21 heavy (non-hydrogen) atoms. The van der Waals surface area contributed by atoms with Gasteiger partial charge in [-0.15, -0.1) is 11.8 Å². The number of thioether (sulfide) groups is 1. The van der Waals surface area contributed by atoms with Crippen LogP contribution in [0.15, 0.2) is 23.1 Å². The van der Waals surface area contributed by atoms with Gasteiger partial charge in [0.05, 0.1) is 15.0 Å². The monoisotopic (exact) mass is 321 g/mol. The summed E-state index contributed by atoms with van der Waals surface area (Å²) in [7, 11) is 0.